The smallest absolute Gasteiger partial charge is 0.217 e. The number of aliphatic hydroxyl groups is 12. The van der Waals surface area contributed by atoms with E-state index in [-0.39, 0.29) is 0 Å². The Bertz CT molecular complexity index is 1040. The fourth-order valence-corrected chi connectivity index (χ4v) is 6.13. The third-order valence-electron chi connectivity index (χ3n) is 8.82. The predicted molar refractivity (Wildman–Crippen MR) is 150 cm³/mol. The van der Waals surface area contributed by atoms with Gasteiger partial charge in [0, 0.05) is 14.0 Å². The normalized spacial score (nSPS) is 49.4. The average Bonchev–Trinajstić information content (AvgIpc) is 3.08. The summed E-state index contributed by atoms with van der Waals surface area (Å²) < 4.78 is 44.1. The maximum atomic E-state index is 12.2. The highest BCUT2D eigenvalue weighted by Gasteiger charge is 2.55. The third kappa shape index (κ3) is 8.50. The number of rotatable bonds is 12. The summed E-state index contributed by atoms with van der Waals surface area (Å²) in [6, 6.07) is -1.60. The average molecular weight is 722 g/mol. The summed E-state index contributed by atoms with van der Waals surface area (Å²) in [5, 5.41) is 127. The molecule has 0 bridgehead atoms. The zero-order chi connectivity index (χ0) is 36.3. The molecule has 4 aliphatic heterocycles. The first-order valence-corrected chi connectivity index (χ1v) is 15.5. The molecule has 4 heterocycles. The molecule has 0 aromatic heterocycles. The Labute approximate surface area is 278 Å². The van der Waals surface area contributed by atoms with Crippen molar-refractivity contribution < 1.29 is 104 Å². The van der Waals surface area contributed by atoms with E-state index >= 15 is 0 Å². The molecular formula is C27H47NO21. The SMILES string of the molecule is COC1O[C@H](CO)[C@@H](O[C@@H]2O[C@H](CO)[C@H](O)[C@H](O[C@@H]3O[C@H](CO)[C@@H](O[C@@H]4O[C@H](CO)[C@H](O)[C@H](O)[C@H]4O)[C@H](O)[C@H]3NC(C)=O)[C@H]2O)[C@H](O)[C@H]1O. The van der Waals surface area contributed by atoms with Crippen LogP contribution in [0.25, 0.3) is 0 Å². The van der Waals surface area contributed by atoms with Crippen LogP contribution in [0.4, 0.5) is 0 Å². The summed E-state index contributed by atoms with van der Waals surface area (Å²) in [6.45, 7) is -2.24. The van der Waals surface area contributed by atoms with E-state index < -0.39 is 155 Å². The van der Waals surface area contributed by atoms with Crippen LogP contribution in [-0.4, -0.2) is 223 Å². The van der Waals surface area contributed by atoms with Crippen molar-refractivity contribution in [3.05, 3.63) is 0 Å². The van der Waals surface area contributed by atoms with Gasteiger partial charge >= 0.3 is 0 Å². The molecule has 20 atom stereocenters. The maximum absolute atomic E-state index is 12.2. The molecule has 4 rings (SSSR count). The van der Waals surface area contributed by atoms with Crippen LogP contribution < -0.4 is 5.32 Å². The zero-order valence-corrected chi connectivity index (χ0v) is 26.4. The summed E-state index contributed by atoms with van der Waals surface area (Å²) in [7, 11) is 1.18. The first-order chi connectivity index (χ1) is 23.2. The van der Waals surface area contributed by atoms with Crippen LogP contribution in [0, 0.1) is 0 Å². The molecule has 4 aliphatic rings. The lowest BCUT2D eigenvalue weighted by molar-refractivity contribution is -0.380. The molecule has 13 N–H and O–H groups in total. The summed E-state index contributed by atoms with van der Waals surface area (Å²) in [4.78, 5) is 12.2. The minimum atomic E-state index is -1.99. The lowest BCUT2D eigenvalue weighted by Crippen LogP contribution is -2.69. The van der Waals surface area contributed by atoms with Crippen LogP contribution in [-0.2, 0) is 42.7 Å². The van der Waals surface area contributed by atoms with Crippen molar-refractivity contribution in [2.75, 3.05) is 33.5 Å². The van der Waals surface area contributed by atoms with Crippen molar-refractivity contribution >= 4 is 5.91 Å². The minimum absolute atomic E-state index is 0.743. The number of ether oxygens (including phenoxy) is 8. The molecule has 286 valence electrons. The van der Waals surface area contributed by atoms with E-state index in [0.29, 0.717) is 0 Å². The second kappa shape index (κ2) is 17.5. The molecule has 0 aromatic rings. The minimum Gasteiger partial charge on any atom is -0.394 e. The van der Waals surface area contributed by atoms with Crippen LogP contribution in [0.1, 0.15) is 6.92 Å². The van der Waals surface area contributed by atoms with Crippen LogP contribution in [0.15, 0.2) is 0 Å². The number of carbonyl (C=O) groups excluding carboxylic acids is 1. The van der Waals surface area contributed by atoms with E-state index in [1.54, 1.807) is 0 Å². The molecule has 4 saturated heterocycles. The molecule has 4 fully saturated rings. The van der Waals surface area contributed by atoms with Crippen molar-refractivity contribution in [2.24, 2.45) is 0 Å². The Morgan fingerprint density at radius 1 is 0.510 bits per heavy atom. The highest BCUT2D eigenvalue weighted by Crippen LogP contribution is 2.34. The molecule has 1 unspecified atom stereocenters. The van der Waals surface area contributed by atoms with Gasteiger partial charge < -0.3 is 104 Å². The van der Waals surface area contributed by atoms with Gasteiger partial charge in [0.05, 0.1) is 26.4 Å². The fraction of sp³-hybridized carbons (Fsp3) is 0.963. The van der Waals surface area contributed by atoms with Crippen molar-refractivity contribution in [1.29, 1.82) is 0 Å². The Kier molecular flexibility index (Phi) is 14.4. The largest absolute Gasteiger partial charge is 0.394 e. The highest BCUT2D eigenvalue weighted by molar-refractivity contribution is 5.73. The summed E-state index contributed by atoms with van der Waals surface area (Å²) in [5.74, 6) is -0.743. The molecule has 49 heavy (non-hydrogen) atoms. The van der Waals surface area contributed by atoms with Gasteiger partial charge in [-0.25, -0.2) is 0 Å². The first-order valence-electron chi connectivity index (χ1n) is 15.5. The van der Waals surface area contributed by atoms with Gasteiger partial charge in [-0.3, -0.25) is 4.79 Å². The number of hydrogen-bond donors (Lipinski definition) is 13. The number of methoxy groups -OCH3 is 1. The van der Waals surface area contributed by atoms with Crippen molar-refractivity contribution in [1.82, 2.24) is 5.32 Å². The lowest BCUT2D eigenvalue weighted by Gasteiger charge is -2.50. The Morgan fingerprint density at radius 2 is 0.939 bits per heavy atom. The molecule has 22 nitrogen and oxygen atoms in total. The first kappa shape index (κ1) is 40.4. The lowest BCUT2D eigenvalue weighted by atomic mass is 9.94. The maximum Gasteiger partial charge on any atom is 0.217 e. The Balaban J connectivity index is 1.56. The van der Waals surface area contributed by atoms with Gasteiger partial charge in [-0.2, -0.15) is 0 Å². The van der Waals surface area contributed by atoms with Gasteiger partial charge in [-0.05, 0) is 0 Å². The van der Waals surface area contributed by atoms with E-state index in [0.717, 1.165) is 6.92 Å². The molecule has 0 spiro atoms. The number of carbonyl (C=O) groups is 1. The Morgan fingerprint density at radius 3 is 1.45 bits per heavy atom. The number of amides is 1. The van der Waals surface area contributed by atoms with Crippen molar-refractivity contribution in [3.8, 4) is 0 Å². The molecular weight excluding hydrogens is 674 g/mol. The van der Waals surface area contributed by atoms with Gasteiger partial charge in [-0.15, -0.1) is 0 Å². The zero-order valence-electron chi connectivity index (χ0n) is 26.4. The van der Waals surface area contributed by atoms with Gasteiger partial charge in [0.15, 0.2) is 25.2 Å². The van der Waals surface area contributed by atoms with Crippen LogP contribution in [0.5, 0.6) is 0 Å². The van der Waals surface area contributed by atoms with Crippen LogP contribution in [0.2, 0.25) is 0 Å². The van der Waals surface area contributed by atoms with E-state index in [1.165, 1.54) is 7.11 Å². The van der Waals surface area contributed by atoms with E-state index in [4.69, 9.17) is 37.9 Å². The van der Waals surface area contributed by atoms with Gasteiger partial charge in [0.25, 0.3) is 0 Å². The summed E-state index contributed by atoms with van der Waals surface area (Å²) in [5.41, 5.74) is 0. The third-order valence-corrected chi connectivity index (χ3v) is 8.82. The van der Waals surface area contributed by atoms with E-state index in [2.05, 4.69) is 5.32 Å². The molecule has 0 saturated carbocycles. The quantitative estimate of drug-likeness (QED) is 0.0889. The monoisotopic (exact) mass is 721 g/mol. The van der Waals surface area contributed by atoms with Gasteiger partial charge in [-0.1, -0.05) is 0 Å². The molecule has 0 aromatic carbocycles. The summed E-state index contributed by atoms with van der Waals surface area (Å²) in [6.07, 6.45) is -32.1. The molecule has 1 amide bonds. The van der Waals surface area contributed by atoms with Crippen LogP contribution >= 0.6 is 0 Å². The van der Waals surface area contributed by atoms with Gasteiger partial charge in [0.2, 0.25) is 5.91 Å². The summed E-state index contributed by atoms with van der Waals surface area (Å²) >= 11 is 0. The Hall–Kier alpha value is -1.33. The van der Waals surface area contributed by atoms with E-state index in [9.17, 15) is 66.1 Å². The van der Waals surface area contributed by atoms with Crippen molar-refractivity contribution in [2.45, 2.75) is 130 Å². The van der Waals surface area contributed by atoms with Gasteiger partial charge in [0.1, 0.15) is 97.6 Å². The predicted octanol–water partition coefficient (Wildman–Crippen LogP) is -8.95. The molecule has 0 radical (unpaired) electrons. The number of hydrogen-bond acceptors (Lipinski definition) is 21. The van der Waals surface area contributed by atoms with Crippen LogP contribution in [0.3, 0.4) is 0 Å². The standard InChI is InChI=1S/C27H47NO21/c1-7(33)28-12-15(36)21(47-26-18(39)16(37)13(34)8(3-29)43-26)10(5-31)45-24(12)49-23-14(35)9(4-30)44-27(20(23)41)48-22-11(6-32)46-25(42-2)19(40)17(22)38/h8-27,29-32,34-41H,3-6H2,1-2H3,(H,28,33)/t8-,9-,10-,11-,12-,13+,14+,15-,16+,17-,18-,19-,20-,21-,22-,23+,24+,25?,26+,27+/m1/s1. The molecule has 0 aliphatic carbocycles. The highest BCUT2D eigenvalue weighted by atomic mass is 16.8. The number of nitrogens with one attached hydrogen (secondary N) is 1. The molecule has 22 heteroatoms. The number of aliphatic hydroxyl groups excluding tert-OH is 12. The van der Waals surface area contributed by atoms with Crippen molar-refractivity contribution in [3.63, 3.8) is 0 Å². The topological polar surface area (TPSA) is 346 Å². The second-order valence-electron chi connectivity index (χ2n) is 12.1. The fourth-order valence-electron chi connectivity index (χ4n) is 6.13. The second-order valence-corrected chi connectivity index (χ2v) is 12.1. The van der Waals surface area contributed by atoms with E-state index in [1.807, 2.05) is 0 Å².